The van der Waals surface area contributed by atoms with Crippen LogP contribution in [0, 0.1) is 6.92 Å². The highest BCUT2D eigenvalue weighted by molar-refractivity contribution is 6.45. The molecule has 0 spiro atoms. The minimum atomic E-state index is -4.48. The van der Waals surface area contributed by atoms with Crippen LogP contribution in [0.25, 0.3) is 0 Å². The second-order valence-electron chi connectivity index (χ2n) is 6.18. The number of oxime groups is 2. The fraction of sp³-hybridized carbons (Fsp3) is 0.300. The number of amides is 1. The molecule has 0 atom stereocenters. The molecule has 7 nitrogen and oxygen atoms in total. The SMILES string of the molecule is CNC(=O)/C(=N/OC)c1cccc(C)c1CO/N=C(\C)c1cc(C(F)(F)F)ccn1. The Kier molecular flexibility index (Phi) is 7.51. The van der Waals surface area contributed by atoms with Gasteiger partial charge in [-0.3, -0.25) is 9.78 Å². The summed E-state index contributed by atoms with van der Waals surface area (Å²) < 4.78 is 38.6. The summed E-state index contributed by atoms with van der Waals surface area (Å²) in [5, 5.41) is 10.2. The summed E-state index contributed by atoms with van der Waals surface area (Å²) in [6, 6.07) is 7.04. The molecule has 1 aromatic carbocycles. The van der Waals surface area contributed by atoms with Gasteiger partial charge in [-0.15, -0.1) is 0 Å². The number of aryl methyl sites for hydroxylation is 1. The Bertz CT molecular complexity index is 972. The van der Waals surface area contributed by atoms with Crippen molar-refractivity contribution in [2.24, 2.45) is 10.3 Å². The summed E-state index contributed by atoms with van der Waals surface area (Å²) in [4.78, 5) is 26.2. The summed E-state index contributed by atoms with van der Waals surface area (Å²) >= 11 is 0. The van der Waals surface area contributed by atoms with Crippen molar-refractivity contribution >= 4 is 17.3 Å². The Morgan fingerprint density at radius 2 is 1.97 bits per heavy atom. The molecule has 0 fully saturated rings. The number of carbonyl (C=O) groups excluding carboxylic acids is 1. The predicted octanol–water partition coefficient (Wildman–Crippen LogP) is 3.45. The number of pyridine rings is 1. The van der Waals surface area contributed by atoms with Gasteiger partial charge in [0.25, 0.3) is 5.91 Å². The quantitative estimate of drug-likeness (QED) is 0.547. The predicted molar refractivity (Wildman–Crippen MR) is 105 cm³/mol. The van der Waals surface area contributed by atoms with E-state index in [1.54, 1.807) is 12.1 Å². The van der Waals surface area contributed by atoms with Crippen molar-refractivity contribution in [3.8, 4) is 0 Å². The molecule has 0 saturated carbocycles. The summed E-state index contributed by atoms with van der Waals surface area (Å²) in [7, 11) is 2.79. The Balaban J connectivity index is 2.28. The number of halogens is 3. The maximum absolute atomic E-state index is 12.9. The van der Waals surface area contributed by atoms with Gasteiger partial charge in [-0.25, -0.2) is 0 Å². The van der Waals surface area contributed by atoms with E-state index in [0.717, 1.165) is 23.9 Å². The molecular formula is C20H21F3N4O3. The molecule has 30 heavy (non-hydrogen) atoms. The monoisotopic (exact) mass is 422 g/mol. The van der Waals surface area contributed by atoms with E-state index in [-0.39, 0.29) is 23.7 Å². The van der Waals surface area contributed by atoms with E-state index in [0.29, 0.717) is 11.1 Å². The molecule has 2 aromatic rings. The summed E-state index contributed by atoms with van der Waals surface area (Å²) in [6.45, 7) is 3.27. The number of benzene rings is 1. The average molecular weight is 422 g/mol. The van der Waals surface area contributed by atoms with Gasteiger partial charge in [-0.1, -0.05) is 28.5 Å². The second-order valence-corrected chi connectivity index (χ2v) is 6.18. The van der Waals surface area contributed by atoms with Crippen molar-refractivity contribution in [3.63, 3.8) is 0 Å². The Hall–Kier alpha value is -3.43. The fourth-order valence-electron chi connectivity index (χ4n) is 2.58. The van der Waals surface area contributed by atoms with Gasteiger partial charge in [0.05, 0.1) is 11.3 Å². The average Bonchev–Trinajstić information content (AvgIpc) is 2.72. The van der Waals surface area contributed by atoms with E-state index < -0.39 is 17.6 Å². The van der Waals surface area contributed by atoms with Crippen molar-refractivity contribution in [3.05, 3.63) is 64.5 Å². The first-order valence-corrected chi connectivity index (χ1v) is 8.81. The number of rotatable bonds is 7. The first-order valence-electron chi connectivity index (χ1n) is 8.81. The molecule has 2 rings (SSSR count). The summed E-state index contributed by atoms with van der Waals surface area (Å²) in [5.41, 5.74) is 1.38. The number of nitrogens with one attached hydrogen (secondary N) is 1. The van der Waals surface area contributed by atoms with Crippen LogP contribution < -0.4 is 5.32 Å². The molecule has 160 valence electrons. The van der Waals surface area contributed by atoms with Crippen molar-refractivity contribution < 1.29 is 27.6 Å². The van der Waals surface area contributed by atoms with Crippen LogP contribution in [0.1, 0.15) is 34.9 Å². The Morgan fingerprint density at radius 1 is 1.23 bits per heavy atom. The minimum Gasteiger partial charge on any atom is -0.398 e. The number of likely N-dealkylation sites (N-methyl/N-ethyl adjacent to an activating group) is 1. The van der Waals surface area contributed by atoms with E-state index >= 15 is 0 Å². The zero-order valence-corrected chi connectivity index (χ0v) is 16.9. The van der Waals surface area contributed by atoms with Crippen LogP contribution >= 0.6 is 0 Å². The number of alkyl halides is 3. The molecule has 0 unspecified atom stereocenters. The smallest absolute Gasteiger partial charge is 0.398 e. The van der Waals surface area contributed by atoms with Gasteiger partial charge in [-0.2, -0.15) is 13.2 Å². The highest BCUT2D eigenvalue weighted by Gasteiger charge is 2.30. The van der Waals surface area contributed by atoms with Crippen LogP contribution in [0.4, 0.5) is 13.2 Å². The maximum atomic E-state index is 12.9. The molecule has 0 radical (unpaired) electrons. The number of carbonyl (C=O) groups is 1. The van der Waals surface area contributed by atoms with E-state index in [1.807, 2.05) is 13.0 Å². The molecule has 10 heteroatoms. The molecule has 1 heterocycles. The van der Waals surface area contributed by atoms with E-state index in [2.05, 4.69) is 20.6 Å². The molecule has 1 aromatic heterocycles. The zero-order chi connectivity index (χ0) is 22.3. The molecule has 0 aliphatic rings. The first-order chi connectivity index (χ1) is 14.2. The number of hydrogen-bond donors (Lipinski definition) is 1. The van der Waals surface area contributed by atoms with Gasteiger partial charge in [0.1, 0.15) is 19.4 Å². The third-order valence-corrected chi connectivity index (χ3v) is 4.16. The molecular weight excluding hydrogens is 401 g/mol. The van der Waals surface area contributed by atoms with Gasteiger partial charge in [0.15, 0.2) is 5.71 Å². The van der Waals surface area contributed by atoms with Gasteiger partial charge >= 0.3 is 6.18 Å². The van der Waals surface area contributed by atoms with E-state index in [9.17, 15) is 18.0 Å². The van der Waals surface area contributed by atoms with E-state index in [4.69, 9.17) is 9.68 Å². The van der Waals surface area contributed by atoms with Crippen LogP contribution in [-0.4, -0.2) is 36.5 Å². The van der Waals surface area contributed by atoms with E-state index in [1.165, 1.54) is 21.1 Å². The molecule has 0 aliphatic carbocycles. The van der Waals surface area contributed by atoms with Crippen LogP contribution in [0.5, 0.6) is 0 Å². The lowest BCUT2D eigenvalue weighted by Crippen LogP contribution is -2.29. The highest BCUT2D eigenvalue weighted by atomic mass is 19.4. The third kappa shape index (κ3) is 5.56. The van der Waals surface area contributed by atoms with Crippen molar-refractivity contribution in [2.45, 2.75) is 26.6 Å². The minimum absolute atomic E-state index is 0.0434. The number of nitrogens with zero attached hydrogens (tertiary/aromatic N) is 3. The Labute approximate surface area is 171 Å². The van der Waals surface area contributed by atoms with Crippen molar-refractivity contribution in [1.29, 1.82) is 0 Å². The molecule has 0 bridgehead atoms. The lowest BCUT2D eigenvalue weighted by atomic mass is 9.98. The lowest BCUT2D eigenvalue weighted by Gasteiger charge is -2.13. The maximum Gasteiger partial charge on any atom is 0.416 e. The van der Waals surface area contributed by atoms with Gasteiger partial charge in [0, 0.05) is 24.4 Å². The molecule has 0 aliphatic heterocycles. The van der Waals surface area contributed by atoms with Gasteiger partial charge < -0.3 is 15.0 Å². The largest absolute Gasteiger partial charge is 0.416 e. The van der Waals surface area contributed by atoms with Crippen LogP contribution in [-0.2, 0) is 27.3 Å². The van der Waals surface area contributed by atoms with Crippen LogP contribution in [0.3, 0.4) is 0 Å². The third-order valence-electron chi connectivity index (χ3n) is 4.16. The number of hydrogen-bond acceptors (Lipinski definition) is 6. The standard InChI is InChI=1S/C20H21F3N4O3/c1-12-6-5-7-15(18(27-29-4)19(28)24-3)16(12)11-30-26-13(2)17-10-14(8-9-25-17)20(21,22)23/h5-10H,11H2,1-4H3,(H,24,28)/b26-13+,27-18+. The van der Waals surface area contributed by atoms with Crippen LogP contribution in [0.15, 0.2) is 46.8 Å². The fourth-order valence-corrected chi connectivity index (χ4v) is 2.58. The lowest BCUT2D eigenvalue weighted by molar-refractivity contribution is -0.137. The first kappa shape index (κ1) is 22.9. The molecule has 0 saturated heterocycles. The summed E-state index contributed by atoms with van der Waals surface area (Å²) in [6.07, 6.45) is -3.42. The topological polar surface area (TPSA) is 85.2 Å². The van der Waals surface area contributed by atoms with Gasteiger partial charge in [0.2, 0.25) is 0 Å². The molecule has 1 N–H and O–H groups in total. The Morgan fingerprint density at radius 3 is 2.60 bits per heavy atom. The van der Waals surface area contributed by atoms with Gasteiger partial charge in [-0.05, 0) is 31.5 Å². The van der Waals surface area contributed by atoms with Crippen LogP contribution in [0.2, 0.25) is 0 Å². The molecule has 1 amide bonds. The summed E-state index contributed by atoms with van der Waals surface area (Å²) in [5.74, 6) is -0.448. The highest BCUT2D eigenvalue weighted by Crippen LogP contribution is 2.29. The van der Waals surface area contributed by atoms with Crippen molar-refractivity contribution in [2.75, 3.05) is 14.2 Å². The second kappa shape index (κ2) is 9.86. The zero-order valence-electron chi connectivity index (χ0n) is 16.9. The van der Waals surface area contributed by atoms with Crippen molar-refractivity contribution in [1.82, 2.24) is 10.3 Å². The number of aromatic nitrogens is 1. The normalized spacial score (nSPS) is 12.5.